The highest BCUT2D eigenvalue weighted by Crippen LogP contribution is 2.19. The van der Waals surface area contributed by atoms with Gasteiger partial charge in [-0.15, -0.1) is 0 Å². The van der Waals surface area contributed by atoms with Crippen molar-refractivity contribution in [2.24, 2.45) is 0 Å². The molecule has 0 aliphatic rings. The summed E-state index contributed by atoms with van der Waals surface area (Å²) in [5.74, 6) is -1.48. The Balaban J connectivity index is 2.01. The lowest BCUT2D eigenvalue weighted by atomic mass is 10.1. The smallest absolute Gasteiger partial charge is 0.349 e. The maximum Gasteiger partial charge on any atom is 0.349 e. The highest BCUT2D eigenvalue weighted by atomic mass is 16.5. The maximum absolute atomic E-state index is 12.2. The second-order valence-corrected chi connectivity index (χ2v) is 6.91. The Bertz CT molecular complexity index is 1020. The van der Waals surface area contributed by atoms with E-state index in [1.54, 1.807) is 24.3 Å². The predicted octanol–water partition coefficient (Wildman–Crippen LogP) is 3.81. The molecule has 0 radical (unpaired) electrons. The number of benzene rings is 1. The number of hydrogen-bond acceptors (Lipinski definition) is 5. The fourth-order valence-electron chi connectivity index (χ4n) is 3.03. The minimum Gasteiger partial charge on any atom is -0.451 e. The molecular formula is C23H25N3O4. The molecule has 0 aliphatic heterocycles. The number of esters is 1. The summed E-state index contributed by atoms with van der Waals surface area (Å²) in [7, 11) is 0. The highest BCUT2D eigenvalue weighted by molar-refractivity contribution is 6.00. The third kappa shape index (κ3) is 5.67. The van der Waals surface area contributed by atoms with E-state index in [2.05, 4.69) is 16.8 Å². The largest absolute Gasteiger partial charge is 0.451 e. The van der Waals surface area contributed by atoms with Crippen molar-refractivity contribution >= 4 is 29.4 Å². The number of nitriles is 1. The molecule has 1 amide bonds. The van der Waals surface area contributed by atoms with Gasteiger partial charge in [-0.1, -0.05) is 6.92 Å². The van der Waals surface area contributed by atoms with Crippen LogP contribution in [0.25, 0.3) is 6.08 Å². The Morgan fingerprint density at radius 3 is 2.43 bits per heavy atom. The Kier molecular flexibility index (Phi) is 7.70. The van der Waals surface area contributed by atoms with Crippen molar-refractivity contribution in [3.63, 3.8) is 0 Å². The van der Waals surface area contributed by atoms with Crippen molar-refractivity contribution in [2.45, 2.75) is 40.7 Å². The lowest BCUT2D eigenvalue weighted by Gasteiger charge is -2.07. The molecule has 0 fully saturated rings. The van der Waals surface area contributed by atoms with E-state index in [-0.39, 0.29) is 11.4 Å². The van der Waals surface area contributed by atoms with Crippen LogP contribution in [0.2, 0.25) is 0 Å². The van der Waals surface area contributed by atoms with Gasteiger partial charge in [0.1, 0.15) is 11.6 Å². The van der Waals surface area contributed by atoms with Crippen molar-refractivity contribution in [1.29, 1.82) is 5.26 Å². The summed E-state index contributed by atoms with van der Waals surface area (Å²) in [6.07, 6.45) is 2.45. The van der Waals surface area contributed by atoms with Crippen LogP contribution in [-0.4, -0.2) is 28.8 Å². The molecule has 7 heteroatoms. The molecule has 0 saturated heterocycles. The van der Waals surface area contributed by atoms with Crippen LogP contribution < -0.4 is 5.32 Å². The molecule has 1 heterocycles. The fourth-order valence-corrected chi connectivity index (χ4v) is 3.03. The summed E-state index contributed by atoms with van der Waals surface area (Å²) in [6.45, 7) is 7.76. The molecule has 30 heavy (non-hydrogen) atoms. The van der Waals surface area contributed by atoms with Gasteiger partial charge in [-0.05, 0) is 69.2 Å². The Hall–Kier alpha value is -3.66. The van der Waals surface area contributed by atoms with Gasteiger partial charge in [0.25, 0.3) is 5.91 Å². The van der Waals surface area contributed by atoms with E-state index in [4.69, 9.17) is 4.74 Å². The number of Topliss-reactive ketones (excluding diaryl/α,β-unsaturated/α-hetero) is 1. The lowest BCUT2D eigenvalue weighted by molar-refractivity contribution is -0.142. The molecule has 0 bridgehead atoms. The van der Waals surface area contributed by atoms with E-state index in [1.165, 1.54) is 13.0 Å². The standard InChI is InChI=1S/C23H25N3O4/c1-5-10-26-15(2)11-19(16(26)3)12-20(13-24)23(29)30-14-22(28)25-21-8-6-18(7-9-21)17(4)27/h6-9,11-12H,5,10,14H2,1-4H3,(H,25,28)/b20-12+. The number of amides is 1. The number of carbonyl (C=O) groups is 3. The molecule has 0 aliphatic carbocycles. The molecule has 7 nitrogen and oxygen atoms in total. The van der Waals surface area contributed by atoms with Crippen LogP contribution in [0.3, 0.4) is 0 Å². The molecule has 2 rings (SSSR count). The van der Waals surface area contributed by atoms with Gasteiger partial charge < -0.3 is 14.6 Å². The first-order chi connectivity index (χ1) is 14.3. The van der Waals surface area contributed by atoms with Crippen molar-refractivity contribution in [2.75, 3.05) is 11.9 Å². The van der Waals surface area contributed by atoms with Gasteiger partial charge in [-0.25, -0.2) is 4.79 Å². The number of ether oxygens (including phenoxy) is 1. The lowest BCUT2D eigenvalue weighted by Crippen LogP contribution is -2.21. The van der Waals surface area contributed by atoms with Crippen LogP contribution >= 0.6 is 0 Å². The fraction of sp³-hybridized carbons (Fsp3) is 0.304. The third-order valence-electron chi connectivity index (χ3n) is 4.61. The van der Waals surface area contributed by atoms with Gasteiger partial charge in [0.05, 0.1) is 0 Å². The average molecular weight is 407 g/mol. The topological polar surface area (TPSA) is 101 Å². The molecule has 1 aromatic heterocycles. The molecule has 0 saturated carbocycles. The van der Waals surface area contributed by atoms with Crippen LogP contribution in [-0.2, 0) is 20.9 Å². The Morgan fingerprint density at radius 2 is 1.87 bits per heavy atom. The van der Waals surface area contributed by atoms with E-state index in [0.29, 0.717) is 11.3 Å². The molecular weight excluding hydrogens is 382 g/mol. The SMILES string of the molecule is CCCn1c(C)cc(/C=C(\C#N)C(=O)OCC(=O)Nc2ccc(C(C)=O)cc2)c1C. The van der Waals surface area contributed by atoms with Crippen molar-refractivity contribution < 1.29 is 19.1 Å². The zero-order valence-corrected chi connectivity index (χ0v) is 17.6. The van der Waals surface area contributed by atoms with Crippen LogP contribution in [0.5, 0.6) is 0 Å². The first-order valence-electron chi connectivity index (χ1n) is 9.63. The van der Waals surface area contributed by atoms with E-state index < -0.39 is 18.5 Å². The molecule has 2 aromatic rings. The maximum atomic E-state index is 12.2. The number of hydrogen-bond donors (Lipinski definition) is 1. The first kappa shape index (κ1) is 22.6. The average Bonchev–Trinajstić information content (AvgIpc) is 2.98. The summed E-state index contributed by atoms with van der Waals surface area (Å²) in [5, 5.41) is 11.9. The number of ketones is 1. The van der Waals surface area contributed by atoms with Gasteiger partial charge in [-0.2, -0.15) is 5.26 Å². The number of nitrogens with zero attached hydrogens (tertiary/aromatic N) is 2. The van der Waals surface area contributed by atoms with Crippen LogP contribution in [0, 0.1) is 25.2 Å². The van der Waals surface area contributed by atoms with Crippen LogP contribution in [0.15, 0.2) is 35.9 Å². The minimum atomic E-state index is -0.861. The molecule has 0 spiro atoms. The second-order valence-electron chi connectivity index (χ2n) is 6.91. The third-order valence-corrected chi connectivity index (χ3v) is 4.61. The van der Waals surface area contributed by atoms with Gasteiger partial charge in [0.2, 0.25) is 0 Å². The van der Waals surface area contributed by atoms with Crippen LogP contribution in [0.4, 0.5) is 5.69 Å². The minimum absolute atomic E-state index is 0.0758. The van der Waals surface area contributed by atoms with E-state index >= 15 is 0 Å². The first-order valence-corrected chi connectivity index (χ1v) is 9.63. The Morgan fingerprint density at radius 1 is 1.20 bits per heavy atom. The van der Waals surface area contributed by atoms with Crippen molar-refractivity contribution in [3.8, 4) is 6.07 Å². The quantitative estimate of drug-likeness (QED) is 0.310. The zero-order valence-electron chi connectivity index (χ0n) is 17.6. The number of anilines is 1. The number of aromatic nitrogens is 1. The number of carbonyl (C=O) groups excluding carboxylic acids is 3. The second kappa shape index (κ2) is 10.2. The number of rotatable bonds is 8. The molecule has 1 aromatic carbocycles. The summed E-state index contributed by atoms with van der Waals surface area (Å²) in [4.78, 5) is 35.5. The summed E-state index contributed by atoms with van der Waals surface area (Å²) < 4.78 is 7.11. The number of nitrogens with one attached hydrogen (secondary N) is 1. The Labute approximate surface area is 176 Å². The normalized spacial score (nSPS) is 11.0. The van der Waals surface area contributed by atoms with E-state index in [9.17, 15) is 19.6 Å². The highest BCUT2D eigenvalue weighted by Gasteiger charge is 2.15. The zero-order chi connectivity index (χ0) is 22.3. The summed E-state index contributed by atoms with van der Waals surface area (Å²) in [5.41, 5.74) is 3.60. The summed E-state index contributed by atoms with van der Waals surface area (Å²) >= 11 is 0. The van der Waals surface area contributed by atoms with E-state index in [0.717, 1.165) is 29.9 Å². The molecule has 0 unspecified atom stereocenters. The van der Waals surface area contributed by atoms with Gasteiger partial charge in [0.15, 0.2) is 12.4 Å². The van der Waals surface area contributed by atoms with Crippen LogP contribution in [0.1, 0.15) is 47.6 Å². The molecule has 0 atom stereocenters. The van der Waals surface area contributed by atoms with Crippen molar-refractivity contribution in [3.05, 3.63) is 58.4 Å². The molecule has 156 valence electrons. The monoisotopic (exact) mass is 407 g/mol. The molecule has 1 N–H and O–H groups in total. The van der Waals surface area contributed by atoms with Gasteiger partial charge in [0, 0.05) is 29.2 Å². The number of aryl methyl sites for hydroxylation is 1. The van der Waals surface area contributed by atoms with Gasteiger partial charge >= 0.3 is 5.97 Å². The van der Waals surface area contributed by atoms with E-state index in [1.807, 2.05) is 26.0 Å². The predicted molar refractivity (Wildman–Crippen MR) is 114 cm³/mol. The van der Waals surface area contributed by atoms with Crippen molar-refractivity contribution in [1.82, 2.24) is 4.57 Å². The summed E-state index contributed by atoms with van der Waals surface area (Å²) in [6, 6.07) is 10.1. The van der Waals surface area contributed by atoms with Gasteiger partial charge in [-0.3, -0.25) is 9.59 Å².